The molecule has 4 rings (SSSR count). The zero-order valence-electron chi connectivity index (χ0n) is 29.9. The van der Waals surface area contributed by atoms with E-state index in [4.69, 9.17) is 23.2 Å². The second-order valence-corrected chi connectivity index (χ2v) is 18.4. The topological polar surface area (TPSA) is 0 Å². The fourth-order valence-electron chi connectivity index (χ4n) is 5.62. The van der Waals surface area contributed by atoms with Crippen molar-refractivity contribution in [1.29, 1.82) is 0 Å². The zero-order chi connectivity index (χ0) is 35.4. The molecule has 6 heteroatoms. The zero-order valence-corrected chi connectivity index (χ0v) is 37.4. The lowest BCUT2D eigenvalue weighted by molar-refractivity contribution is 0.854. The SMILES string of the molecule is CC(C)c1cc(Sc2ccc(I)c(C(C)C)c2)ccc1I.CCCc1cc(Sc2cc(CCC)c(Cl)cc2CCC)c(CCC)cc1Cl. The van der Waals surface area contributed by atoms with E-state index in [2.05, 4.69) is 161 Å². The van der Waals surface area contributed by atoms with Crippen LogP contribution >= 0.6 is 91.9 Å². The Morgan fingerprint density at radius 1 is 0.500 bits per heavy atom. The molecule has 0 N–H and O–H groups in total. The van der Waals surface area contributed by atoms with E-state index in [1.165, 1.54) is 60.1 Å². The molecule has 0 amide bonds. The lowest BCUT2D eigenvalue weighted by Crippen LogP contribution is -1.96. The van der Waals surface area contributed by atoms with Crippen LogP contribution in [0.25, 0.3) is 0 Å². The van der Waals surface area contributed by atoms with Crippen LogP contribution in [-0.2, 0) is 25.7 Å². The fraction of sp³-hybridized carbons (Fsp3) is 0.429. The number of hydrogen-bond donors (Lipinski definition) is 0. The van der Waals surface area contributed by atoms with E-state index in [1.54, 1.807) is 0 Å². The Hall–Kier alpha value is -0.380. The summed E-state index contributed by atoms with van der Waals surface area (Å²) in [5.41, 5.74) is 8.14. The Morgan fingerprint density at radius 3 is 1.19 bits per heavy atom. The largest absolute Gasteiger partial charge is 0.0901 e. The molecule has 0 atom stereocenters. The van der Waals surface area contributed by atoms with E-state index in [9.17, 15) is 0 Å². The summed E-state index contributed by atoms with van der Waals surface area (Å²) in [4.78, 5) is 5.36. The number of rotatable bonds is 14. The van der Waals surface area contributed by atoms with Gasteiger partial charge in [0.15, 0.2) is 0 Å². The van der Waals surface area contributed by atoms with Gasteiger partial charge in [-0.25, -0.2) is 0 Å². The van der Waals surface area contributed by atoms with Gasteiger partial charge >= 0.3 is 0 Å². The summed E-state index contributed by atoms with van der Waals surface area (Å²) in [6, 6.07) is 22.6. The normalized spacial score (nSPS) is 11.3. The van der Waals surface area contributed by atoms with E-state index in [1.807, 2.05) is 23.5 Å². The first kappa shape index (κ1) is 42.0. The van der Waals surface area contributed by atoms with Gasteiger partial charge in [0.1, 0.15) is 0 Å². The van der Waals surface area contributed by atoms with E-state index >= 15 is 0 Å². The minimum Gasteiger partial charge on any atom is -0.0901 e. The third kappa shape index (κ3) is 12.4. The average molecular weight is 946 g/mol. The van der Waals surface area contributed by atoms with Crippen LogP contribution in [0, 0.1) is 7.14 Å². The molecule has 0 saturated heterocycles. The standard InChI is InChI=1S/C24H32Cl2S.C18H20I2S/c1-5-9-17-15-23(19(11-7-3)13-21(17)25)27-24-16-18(10-6-2)22(26)14-20(24)12-8-4;1-11(2)15-9-13(5-7-17(15)19)21-14-6-8-18(20)16(10-14)12(3)4/h13-16H,5-12H2,1-4H3;5-12H,1-4H3. The number of aryl methyl sites for hydroxylation is 4. The van der Waals surface area contributed by atoms with Crippen molar-refractivity contribution in [3.8, 4) is 0 Å². The van der Waals surface area contributed by atoms with Crippen molar-refractivity contribution in [2.24, 2.45) is 0 Å². The van der Waals surface area contributed by atoms with Gasteiger partial charge in [0.25, 0.3) is 0 Å². The Bertz CT molecular complexity index is 1510. The third-order valence-electron chi connectivity index (χ3n) is 8.17. The molecular weight excluding hydrogens is 893 g/mol. The molecule has 0 heterocycles. The molecule has 260 valence electrons. The lowest BCUT2D eigenvalue weighted by atomic mass is 10.0. The predicted octanol–water partition coefficient (Wildman–Crippen LogP) is 16.2. The molecule has 0 saturated carbocycles. The summed E-state index contributed by atoms with van der Waals surface area (Å²) in [5.74, 6) is 1.14. The van der Waals surface area contributed by atoms with Crippen molar-refractivity contribution in [2.75, 3.05) is 0 Å². The Kier molecular flexibility index (Phi) is 18.6. The Labute approximate surface area is 338 Å². The van der Waals surface area contributed by atoms with Crippen molar-refractivity contribution in [3.05, 3.63) is 111 Å². The summed E-state index contributed by atoms with van der Waals surface area (Å²) in [5, 5.41) is 1.84. The van der Waals surface area contributed by atoms with Gasteiger partial charge in [-0.2, -0.15) is 0 Å². The fourth-order valence-corrected chi connectivity index (χ4v) is 10.2. The highest BCUT2D eigenvalue weighted by Crippen LogP contribution is 2.39. The van der Waals surface area contributed by atoms with Crippen LogP contribution < -0.4 is 0 Å². The van der Waals surface area contributed by atoms with E-state index in [0.29, 0.717) is 11.8 Å². The van der Waals surface area contributed by atoms with Crippen LogP contribution in [0.4, 0.5) is 0 Å². The Morgan fingerprint density at radius 2 is 0.854 bits per heavy atom. The summed E-state index contributed by atoms with van der Waals surface area (Å²) in [7, 11) is 0. The maximum Gasteiger partial charge on any atom is 0.0441 e. The molecule has 0 aliphatic heterocycles. The minimum atomic E-state index is 0.570. The van der Waals surface area contributed by atoms with Crippen molar-refractivity contribution in [1.82, 2.24) is 0 Å². The van der Waals surface area contributed by atoms with Crippen LogP contribution in [0.15, 0.2) is 80.2 Å². The lowest BCUT2D eigenvalue weighted by Gasteiger charge is -2.17. The first-order valence-corrected chi connectivity index (χ1v) is 22.0. The van der Waals surface area contributed by atoms with Crippen molar-refractivity contribution >= 4 is 91.9 Å². The first-order valence-electron chi connectivity index (χ1n) is 17.5. The van der Waals surface area contributed by atoms with Crippen molar-refractivity contribution in [3.63, 3.8) is 0 Å². The second kappa shape index (κ2) is 21.2. The molecule has 0 nitrogen and oxygen atoms in total. The van der Waals surface area contributed by atoms with Gasteiger partial charge in [-0.1, -0.05) is 128 Å². The predicted molar refractivity (Wildman–Crippen MR) is 234 cm³/mol. The minimum absolute atomic E-state index is 0.570. The molecule has 4 aromatic rings. The third-order valence-corrected chi connectivity index (χ3v) is 13.0. The quantitative estimate of drug-likeness (QED) is 0.116. The van der Waals surface area contributed by atoms with E-state index in [-0.39, 0.29) is 0 Å². The highest BCUT2D eigenvalue weighted by Gasteiger charge is 2.15. The van der Waals surface area contributed by atoms with Crippen molar-refractivity contribution < 1.29 is 0 Å². The van der Waals surface area contributed by atoms with Crippen molar-refractivity contribution in [2.45, 2.75) is 138 Å². The molecule has 0 unspecified atom stereocenters. The summed E-state index contributed by atoms with van der Waals surface area (Å²) in [6.07, 6.45) is 8.66. The number of halogens is 4. The van der Waals surface area contributed by atoms with Crippen LogP contribution in [0.2, 0.25) is 10.0 Å². The molecule has 4 aromatic carbocycles. The molecular formula is C42H52Cl2I2S2. The molecule has 0 fully saturated rings. The first-order chi connectivity index (χ1) is 22.9. The van der Waals surface area contributed by atoms with Crippen LogP contribution in [0.5, 0.6) is 0 Å². The number of benzene rings is 4. The van der Waals surface area contributed by atoms with Gasteiger partial charge in [0.2, 0.25) is 0 Å². The van der Waals surface area contributed by atoms with Gasteiger partial charge in [0, 0.05) is 36.8 Å². The van der Waals surface area contributed by atoms with Crippen LogP contribution in [0.1, 0.15) is 126 Å². The van der Waals surface area contributed by atoms with Crippen LogP contribution in [0.3, 0.4) is 0 Å². The van der Waals surface area contributed by atoms with E-state index in [0.717, 1.165) is 61.4 Å². The molecule has 0 radical (unpaired) electrons. The monoisotopic (exact) mass is 944 g/mol. The van der Waals surface area contributed by atoms with Crippen LogP contribution in [-0.4, -0.2) is 0 Å². The highest BCUT2D eigenvalue weighted by molar-refractivity contribution is 14.1. The maximum atomic E-state index is 6.56. The van der Waals surface area contributed by atoms with Gasteiger partial charge in [-0.15, -0.1) is 0 Å². The summed E-state index contributed by atoms with van der Waals surface area (Å²) >= 11 is 21.7. The Balaban J connectivity index is 0.000000269. The van der Waals surface area contributed by atoms with Gasteiger partial charge < -0.3 is 0 Å². The highest BCUT2D eigenvalue weighted by atomic mass is 127. The van der Waals surface area contributed by atoms with E-state index < -0.39 is 0 Å². The molecule has 0 aliphatic rings. The van der Waals surface area contributed by atoms with Gasteiger partial charge in [-0.05, 0) is 177 Å². The van der Waals surface area contributed by atoms with Gasteiger partial charge in [0.05, 0.1) is 0 Å². The molecule has 0 spiro atoms. The summed E-state index contributed by atoms with van der Waals surface area (Å²) < 4.78 is 2.72. The second-order valence-electron chi connectivity index (χ2n) is 13.0. The number of hydrogen-bond acceptors (Lipinski definition) is 2. The maximum absolute atomic E-state index is 6.56. The molecule has 0 aliphatic carbocycles. The summed E-state index contributed by atoms with van der Waals surface area (Å²) in [6.45, 7) is 17.9. The smallest absolute Gasteiger partial charge is 0.0441 e. The average Bonchev–Trinajstić information content (AvgIpc) is 3.03. The molecule has 0 aromatic heterocycles. The molecule has 48 heavy (non-hydrogen) atoms. The van der Waals surface area contributed by atoms with Gasteiger partial charge in [-0.3, -0.25) is 0 Å². The molecule has 0 bridgehead atoms.